The average molecular weight is 406 g/mol. The number of ether oxygens (including phenoxy) is 2. The molecule has 1 fully saturated rings. The monoisotopic (exact) mass is 405 g/mol. The first-order chi connectivity index (χ1) is 12.1. The summed E-state index contributed by atoms with van der Waals surface area (Å²) in [6.45, 7) is 2.07. The molecular weight excluding hydrogens is 386 g/mol. The molecule has 1 amide bonds. The highest BCUT2D eigenvalue weighted by atomic mass is 79.9. The Kier molecular flexibility index (Phi) is 5.43. The lowest BCUT2D eigenvalue weighted by atomic mass is 10.1. The lowest BCUT2D eigenvalue weighted by Gasteiger charge is -2.16. The Morgan fingerprint density at radius 3 is 2.56 bits per heavy atom. The number of aromatic nitrogens is 1. The predicted molar refractivity (Wildman–Crippen MR) is 101 cm³/mol. The maximum atomic E-state index is 12.6. The fourth-order valence-electron chi connectivity index (χ4n) is 2.85. The van der Waals surface area contributed by atoms with Crippen LogP contribution in [0.1, 0.15) is 23.2 Å². The lowest BCUT2D eigenvalue weighted by molar-refractivity contribution is 0.102. The summed E-state index contributed by atoms with van der Waals surface area (Å²) >= 11 is 3.40. The third kappa shape index (κ3) is 3.87. The zero-order valence-corrected chi connectivity index (χ0v) is 15.8. The van der Waals surface area contributed by atoms with Crippen LogP contribution < -0.4 is 19.7 Å². The van der Waals surface area contributed by atoms with Gasteiger partial charge in [-0.1, -0.05) is 0 Å². The maximum Gasteiger partial charge on any atom is 0.259 e. The SMILES string of the molecule is COc1cc(Br)c(OC)c(C(=O)Nc2ccc(N3CCCC3)nc2)c1. The maximum absolute atomic E-state index is 12.6. The standard InChI is InChI=1S/C18H20BrN3O3/c1-24-13-9-14(17(25-2)15(19)10-13)18(23)21-12-5-6-16(20-11-12)22-7-3-4-8-22/h5-6,9-11H,3-4,7-8H2,1-2H3,(H,21,23). The van der Waals surface area contributed by atoms with E-state index in [4.69, 9.17) is 9.47 Å². The number of anilines is 2. The van der Waals surface area contributed by atoms with Crippen molar-refractivity contribution >= 4 is 33.3 Å². The number of pyridine rings is 1. The number of halogens is 1. The van der Waals surface area contributed by atoms with Crippen molar-refractivity contribution < 1.29 is 14.3 Å². The fraction of sp³-hybridized carbons (Fsp3) is 0.333. The van der Waals surface area contributed by atoms with Crippen LogP contribution in [0, 0.1) is 0 Å². The third-order valence-electron chi connectivity index (χ3n) is 4.14. The summed E-state index contributed by atoms with van der Waals surface area (Å²) in [4.78, 5) is 19.3. The minimum absolute atomic E-state index is 0.285. The molecule has 0 aliphatic carbocycles. The summed E-state index contributed by atoms with van der Waals surface area (Å²) in [7, 11) is 3.08. The van der Waals surface area contributed by atoms with Crippen LogP contribution >= 0.6 is 15.9 Å². The Morgan fingerprint density at radius 2 is 1.96 bits per heavy atom. The molecule has 7 heteroatoms. The number of carbonyl (C=O) groups excluding carboxylic acids is 1. The summed E-state index contributed by atoms with van der Waals surface area (Å²) in [5.74, 6) is 1.68. The van der Waals surface area contributed by atoms with Crippen molar-refractivity contribution in [2.24, 2.45) is 0 Å². The summed E-state index contributed by atoms with van der Waals surface area (Å²) in [6, 6.07) is 7.19. The zero-order chi connectivity index (χ0) is 17.8. The number of methoxy groups -OCH3 is 2. The molecule has 0 spiro atoms. The van der Waals surface area contributed by atoms with Crippen molar-refractivity contribution in [3.8, 4) is 11.5 Å². The molecule has 6 nitrogen and oxygen atoms in total. The van der Waals surface area contributed by atoms with Gasteiger partial charge in [0.1, 0.15) is 17.3 Å². The summed E-state index contributed by atoms with van der Waals surface area (Å²) in [6.07, 6.45) is 4.07. The van der Waals surface area contributed by atoms with Gasteiger partial charge in [0.2, 0.25) is 0 Å². The predicted octanol–water partition coefficient (Wildman–Crippen LogP) is 3.71. The van der Waals surface area contributed by atoms with E-state index >= 15 is 0 Å². The molecule has 0 unspecified atom stereocenters. The first kappa shape index (κ1) is 17.5. The van der Waals surface area contributed by atoms with E-state index in [1.165, 1.54) is 20.0 Å². The summed E-state index contributed by atoms with van der Waals surface area (Å²) in [5.41, 5.74) is 1.02. The molecule has 0 saturated carbocycles. The molecule has 132 valence electrons. The number of benzene rings is 1. The van der Waals surface area contributed by atoms with Crippen LogP contribution in [0.5, 0.6) is 11.5 Å². The van der Waals surface area contributed by atoms with Crippen LogP contribution in [0.3, 0.4) is 0 Å². The van der Waals surface area contributed by atoms with Gasteiger partial charge in [-0.2, -0.15) is 0 Å². The number of carbonyl (C=O) groups is 1. The van der Waals surface area contributed by atoms with E-state index in [9.17, 15) is 4.79 Å². The van der Waals surface area contributed by atoms with Crippen LogP contribution in [0.25, 0.3) is 0 Å². The molecule has 1 aromatic heterocycles. The lowest BCUT2D eigenvalue weighted by Crippen LogP contribution is -2.19. The molecule has 1 aliphatic heterocycles. The van der Waals surface area contributed by atoms with Gasteiger partial charge in [-0.15, -0.1) is 0 Å². The van der Waals surface area contributed by atoms with Gasteiger partial charge >= 0.3 is 0 Å². The van der Waals surface area contributed by atoms with E-state index in [0.717, 1.165) is 18.9 Å². The minimum Gasteiger partial charge on any atom is -0.497 e. The van der Waals surface area contributed by atoms with Crippen molar-refractivity contribution in [1.29, 1.82) is 0 Å². The molecule has 2 aromatic rings. The number of hydrogen-bond acceptors (Lipinski definition) is 5. The highest BCUT2D eigenvalue weighted by Gasteiger charge is 2.18. The second kappa shape index (κ2) is 7.74. The Bertz CT molecular complexity index is 759. The number of rotatable bonds is 5. The molecule has 2 heterocycles. The molecular formula is C18H20BrN3O3. The molecule has 1 aromatic carbocycles. The Balaban J connectivity index is 1.79. The average Bonchev–Trinajstić information content (AvgIpc) is 3.16. The molecule has 25 heavy (non-hydrogen) atoms. The topological polar surface area (TPSA) is 63.7 Å². The van der Waals surface area contributed by atoms with Gasteiger partial charge in [-0.3, -0.25) is 4.79 Å². The van der Waals surface area contributed by atoms with Gasteiger partial charge in [0.15, 0.2) is 0 Å². The van der Waals surface area contributed by atoms with Crippen LogP contribution in [0.2, 0.25) is 0 Å². The molecule has 3 rings (SSSR count). The second-order valence-electron chi connectivity index (χ2n) is 5.74. The highest BCUT2D eigenvalue weighted by molar-refractivity contribution is 9.10. The van der Waals surface area contributed by atoms with E-state index in [1.54, 1.807) is 25.4 Å². The van der Waals surface area contributed by atoms with E-state index < -0.39 is 0 Å². The Hall–Kier alpha value is -2.28. The van der Waals surface area contributed by atoms with Gasteiger partial charge in [-0.25, -0.2) is 4.98 Å². The van der Waals surface area contributed by atoms with Crippen molar-refractivity contribution in [2.45, 2.75) is 12.8 Å². The molecule has 0 atom stereocenters. The van der Waals surface area contributed by atoms with Gasteiger partial charge < -0.3 is 19.7 Å². The van der Waals surface area contributed by atoms with Crippen LogP contribution in [0.15, 0.2) is 34.9 Å². The molecule has 1 N–H and O–H groups in total. The molecule has 0 bridgehead atoms. The van der Waals surface area contributed by atoms with Gasteiger partial charge in [-0.05, 0) is 53.0 Å². The first-order valence-electron chi connectivity index (χ1n) is 8.06. The summed E-state index contributed by atoms with van der Waals surface area (Å²) < 4.78 is 11.2. The third-order valence-corrected chi connectivity index (χ3v) is 4.73. The summed E-state index contributed by atoms with van der Waals surface area (Å²) in [5, 5.41) is 2.85. The molecule has 0 radical (unpaired) electrons. The van der Waals surface area contributed by atoms with Gasteiger partial charge in [0.25, 0.3) is 5.91 Å². The van der Waals surface area contributed by atoms with Crippen molar-refractivity contribution in [3.05, 3.63) is 40.5 Å². The van der Waals surface area contributed by atoms with Gasteiger partial charge in [0.05, 0.1) is 36.1 Å². The second-order valence-corrected chi connectivity index (χ2v) is 6.60. The van der Waals surface area contributed by atoms with Gasteiger partial charge in [0, 0.05) is 13.1 Å². The molecule has 1 aliphatic rings. The number of hydrogen-bond donors (Lipinski definition) is 1. The smallest absolute Gasteiger partial charge is 0.259 e. The van der Waals surface area contributed by atoms with Crippen LogP contribution in [-0.2, 0) is 0 Å². The first-order valence-corrected chi connectivity index (χ1v) is 8.85. The van der Waals surface area contributed by atoms with Crippen molar-refractivity contribution in [3.63, 3.8) is 0 Å². The quantitative estimate of drug-likeness (QED) is 0.820. The number of nitrogens with zero attached hydrogens (tertiary/aromatic N) is 2. The largest absolute Gasteiger partial charge is 0.497 e. The Labute approximate surface area is 155 Å². The number of nitrogens with one attached hydrogen (secondary N) is 1. The van der Waals surface area contributed by atoms with Crippen molar-refractivity contribution in [2.75, 3.05) is 37.5 Å². The van der Waals surface area contributed by atoms with Crippen LogP contribution in [-0.4, -0.2) is 38.2 Å². The normalized spacial score (nSPS) is 13.6. The van der Waals surface area contributed by atoms with E-state index in [2.05, 4.69) is 31.1 Å². The number of amides is 1. The zero-order valence-electron chi connectivity index (χ0n) is 14.2. The van der Waals surface area contributed by atoms with E-state index in [-0.39, 0.29) is 5.91 Å². The van der Waals surface area contributed by atoms with Crippen LogP contribution in [0.4, 0.5) is 11.5 Å². The van der Waals surface area contributed by atoms with Crippen molar-refractivity contribution in [1.82, 2.24) is 4.98 Å². The fourth-order valence-corrected chi connectivity index (χ4v) is 3.46. The van der Waals surface area contributed by atoms with E-state index in [0.29, 0.717) is 27.2 Å². The molecule has 1 saturated heterocycles. The minimum atomic E-state index is -0.285. The van der Waals surface area contributed by atoms with E-state index in [1.807, 2.05) is 12.1 Å². The highest BCUT2D eigenvalue weighted by Crippen LogP contribution is 2.34. The Morgan fingerprint density at radius 1 is 1.20 bits per heavy atom.